The van der Waals surface area contributed by atoms with Crippen molar-refractivity contribution in [3.05, 3.63) is 47.2 Å². The van der Waals surface area contributed by atoms with E-state index in [1.165, 1.54) is 19.2 Å². The summed E-state index contributed by atoms with van der Waals surface area (Å²) in [6, 6.07) is 9.95. The summed E-state index contributed by atoms with van der Waals surface area (Å²) >= 11 is 5.91. The van der Waals surface area contributed by atoms with Crippen LogP contribution >= 0.6 is 11.6 Å². The zero-order valence-corrected chi connectivity index (χ0v) is 17.3. The van der Waals surface area contributed by atoms with Gasteiger partial charge in [0.2, 0.25) is 11.0 Å². The molecule has 0 unspecified atom stereocenters. The highest BCUT2D eigenvalue weighted by Crippen LogP contribution is 2.19. The number of piperazine rings is 1. The summed E-state index contributed by atoms with van der Waals surface area (Å²) in [5.41, 5.74) is 1.04. The first-order valence-electron chi connectivity index (χ1n) is 8.90. The summed E-state index contributed by atoms with van der Waals surface area (Å²) < 4.78 is 30.4. The number of nitrogens with one attached hydrogen (secondary N) is 2. The first-order chi connectivity index (χ1) is 13.8. The van der Waals surface area contributed by atoms with Crippen LogP contribution in [0.4, 0.5) is 5.69 Å². The molecule has 1 aliphatic heterocycles. The summed E-state index contributed by atoms with van der Waals surface area (Å²) in [4.78, 5) is 28.3. The maximum absolute atomic E-state index is 12.4. The second-order valence-corrected chi connectivity index (χ2v) is 8.61. The molecule has 29 heavy (non-hydrogen) atoms. The van der Waals surface area contributed by atoms with Crippen molar-refractivity contribution in [1.29, 1.82) is 0 Å². The number of hydrogen-bond donors (Lipinski definition) is 2. The first-order valence-corrected chi connectivity index (χ1v) is 10.8. The third-order valence-corrected chi connectivity index (χ3v) is 6.10. The summed E-state index contributed by atoms with van der Waals surface area (Å²) in [5.74, 6) is -1.06. The monoisotopic (exact) mass is 440 g/mol. The standard InChI is InChI=1S/C18H21ClN4O5S/c1-20-29(26,27)17-7-6-15(28-17)18(25)21-12-16(24)23-10-8-22(9-11-23)14-4-2-13(19)3-5-14/h2-7,20H,8-12H2,1H3,(H,21,25). The molecule has 1 aliphatic rings. The highest BCUT2D eigenvalue weighted by molar-refractivity contribution is 7.89. The van der Waals surface area contributed by atoms with Gasteiger partial charge in [0.1, 0.15) is 0 Å². The van der Waals surface area contributed by atoms with E-state index in [9.17, 15) is 18.0 Å². The van der Waals surface area contributed by atoms with Crippen LogP contribution < -0.4 is 14.9 Å². The fourth-order valence-corrected chi connectivity index (χ4v) is 3.68. The van der Waals surface area contributed by atoms with E-state index in [1.54, 1.807) is 4.90 Å². The van der Waals surface area contributed by atoms with Gasteiger partial charge in [0, 0.05) is 36.9 Å². The van der Waals surface area contributed by atoms with Crippen molar-refractivity contribution in [2.45, 2.75) is 5.09 Å². The van der Waals surface area contributed by atoms with E-state index >= 15 is 0 Å². The van der Waals surface area contributed by atoms with Crippen molar-refractivity contribution in [3.8, 4) is 0 Å². The molecule has 1 fully saturated rings. The Bertz CT molecular complexity index is 982. The number of nitrogens with zero attached hydrogens (tertiary/aromatic N) is 2. The van der Waals surface area contributed by atoms with Crippen LogP contribution in [-0.4, -0.2) is 64.9 Å². The van der Waals surface area contributed by atoms with Crippen molar-refractivity contribution in [2.75, 3.05) is 44.7 Å². The molecule has 2 N–H and O–H groups in total. The minimum absolute atomic E-state index is 0.181. The number of benzene rings is 1. The second-order valence-electron chi connectivity index (χ2n) is 6.35. The van der Waals surface area contributed by atoms with E-state index in [4.69, 9.17) is 16.0 Å². The molecule has 11 heteroatoms. The molecule has 2 aromatic rings. The Morgan fingerprint density at radius 2 is 1.72 bits per heavy atom. The number of rotatable bonds is 6. The molecule has 1 saturated heterocycles. The molecule has 0 bridgehead atoms. The number of carbonyl (C=O) groups is 2. The van der Waals surface area contributed by atoms with Gasteiger partial charge in [0.15, 0.2) is 5.76 Å². The average molecular weight is 441 g/mol. The molecule has 1 aromatic carbocycles. The fourth-order valence-electron chi connectivity index (χ4n) is 2.91. The molecular weight excluding hydrogens is 420 g/mol. The lowest BCUT2D eigenvalue weighted by atomic mass is 10.2. The summed E-state index contributed by atoms with van der Waals surface area (Å²) in [5, 5.41) is 2.77. The number of carbonyl (C=O) groups excluding carboxylic acids is 2. The normalized spacial score (nSPS) is 14.7. The maximum atomic E-state index is 12.4. The molecule has 0 saturated carbocycles. The minimum Gasteiger partial charge on any atom is -0.438 e. The predicted octanol–water partition coefficient (Wildman–Crippen LogP) is 0.920. The van der Waals surface area contributed by atoms with E-state index in [2.05, 4.69) is 14.9 Å². The highest BCUT2D eigenvalue weighted by Gasteiger charge is 2.23. The van der Waals surface area contributed by atoms with Gasteiger partial charge in [-0.1, -0.05) is 11.6 Å². The lowest BCUT2D eigenvalue weighted by molar-refractivity contribution is -0.130. The van der Waals surface area contributed by atoms with Gasteiger partial charge in [-0.05, 0) is 43.4 Å². The largest absolute Gasteiger partial charge is 0.438 e. The topological polar surface area (TPSA) is 112 Å². The van der Waals surface area contributed by atoms with Gasteiger partial charge >= 0.3 is 0 Å². The zero-order valence-electron chi connectivity index (χ0n) is 15.7. The van der Waals surface area contributed by atoms with Crippen LogP contribution in [-0.2, 0) is 14.8 Å². The van der Waals surface area contributed by atoms with E-state index in [-0.39, 0.29) is 23.3 Å². The number of anilines is 1. The maximum Gasteiger partial charge on any atom is 0.287 e. The Hall–Kier alpha value is -2.56. The minimum atomic E-state index is -3.77. The van der Waals surface area contributed by atoms with Crippen molar-refractivity contribution in [2.24, 2.45) is 0 Å². The molecule has 0 radical (unpaired) electrons. The van der Waals surface area contributed by atoms with Crippen LogP contribution in [0.25, 0.3) is 0 Å². The highest BCUT2D eigenvalue weighted by atomic mass is 35.5. The van der Waals surface area contributed by atoms with Crippen LogP contribution in [0.3, 0.4) is 0 Å². The molecule has 0 aliphatic carbocycles. The summed E-state index contributed by atoms with van der Waals surface area (Å²) in [6.45, 7) is 2.20. The van der Waals surface area contributed by atoms with Gasteiger partial charge < -0.3 is 19.5 Å². The van der Waals surface area contributed by atoms with E-state index in [0.29, 0.717) is 31.2 Å². The Balaban J connectivity index is 1.49. The number of halogens is 1. The van der Waals surface area contributed by atoms with Crippen molar-refractivity contribution >= 4 is 39.1 Å². The van der Waals surface area contributed by atoms with Crippen LogP contribution in [0.15, 0.2) is 45.9 Å². The molecule has 9 nitrogen and oxygen atoms in total. The zero-order chi connectivity index (χ0) is 21.0. The Morgan fingerprint density at radius 3 is 2.34 bits per heavy atom. The summed E-state index contributed by atoms with van der Waals surface area (Å²) in [7, 11) is -2.53. The fraction of sp³-hybridized carbons (Fsp3) is 0.333. The number of amides is 2. The average Bonchev–Trinajstić information content (AvgIpc) is 3.24. The van der Waals surface area contributed by atoms with Gasteiger partial charge in [0.05, 0.1) is 6.54 Å². The Labute approximate surface area is 173 Å². The van der Waals surface area contributed by atoms with Crippen molar-refractivity contribution in [1.82, 2.24) is 14.9 Å². The van der Waals surface area contributed by atoms with Crippen molar-refractivity contribution < 1.29 is 22.4 Å². The van der Waals surface area contributed by atoms with E-state index in [0.717, 1.165) is 5.69 Å². The van der Waals surface area contributed by atoms with Crippen LogP contribution in [0.5, 0.6) is 0 Å². The number of sulfonamides is 1. The lowest BCUT2D eigenvalue weighted by Gasteiger charge is -2.36. The number of hydrogen-bond acceptors (Lipinski definition) is 6. The molecule has 0 atom stereocenters. The molecular formula is C18H21ClN4O5S. The van der Waals surface area contributed by atoms with Crippen LogP contribution in [0.1, 0.15) is 10.6 Å². The van der Waals surface area contributed by atoms with Gasteiger partial charge in [-0.2, -0.15) is 0 Å². The quantitative estimate of drug-likeness (QED) is 0.690. The van der Waals surface area contributed by atoms with Crippen LogP contribution in [0.2, 0.25) is 5.02 Å². The van der Waals surface area contributed by atoms with E-state index in [1.807, 2.05) is 24.3 Å². The predicted molar refractivity (Wildman–Crippen MR) is 108 cm³/mol. The first kappa shape index (κ1) is 21.2. The molecule has 0 spiro atoms. The smallest absolute Gasteiger partial charge is 0.287 e. The molecule has 3 rings (SSSR count). The lowest BCUT2D eigenvalue weighted by Crippen LogP contribution is -2.51. The van der Waals surface area contributed by atoms with Gasteiger partial charge in [-0.25, -0.2) is 13.1 Å². The molecule has 1 aromatic heterocycles. The Morgan fingerprint density at radius 1 is 1.07 bits per heavy atom. The third-order valence-electron chi connectivity index (χ3n) is 4.56. The van der Waals surface area contributed by atoms with Gasteiger partial charge in [-0.3, -0.25) is 9.59 Å². The number of furan rings is 1. The molecule has 156 valence electrons. The van der Waals surface area contributed by atoms with Gasteiger partial charge in [-0.15, -0.1) is 0 Å². The SMILES string of the molecule is CNS(=O)(=O)c1ccc(C(=O)NCC(=O)N2CCN(c3ccc(Cl)cc3)CC2)o1. The molecule has 2 heterocycles. The third kappa shape index (κ3) is 5.08. The second kappa shape index (κ2) is 8.85. The van der Waals surface area contributed by atoms with Crippen LogP contribution in [0, 0.1) is 0 Å². The van der Waals surface area contributed by atoms with E-state index < -0.39 is 15.9 Å². The van der Waals surface area contributed by atoms with Crippen molar-refractivity contribution in [3.63, 3.8) is 0 Å². The van der Waals surface area contributed by atoms with Gasteiger partial charge in [0.25, 0.3) is 15.9 Å². The summed E-state index contributed by atoms with van der Waals surface area (Å²) in [6.07, 6.45) is 0. The molecule has 2 amide bonds. The Kier molecular flexibility index (Phi) is 6.46.